The molecule has 2 aromatic heterocycles. The van der Waals surface area contributed by atoms with Gasteiger partial charge in [-0.2, -0.15) is 4.98 Å². The predicted octanol–water partition coefficient (Wildman–Crippen LogP) is 1.01. The number of nitrogens with zero attached hydrogens (tertiary/aromatic N) is 4. The van der Waals surface area contributed by atoms with Gasteiger partial charge in [-0.1, -0.05) is 5.16 Å². The van der Waals surface area contributed by atoms with Crippen LogP contribution in [0.25, 0.3) is 11.5 Å². The first-order chi connectivity index (χ1) is 8.83. The van der Waals surface area contributed by atoms with Crippen molar-refractivity contribution in [2.24, 2.45) is 13.0 Å². The number of aromatic nitrogens is 4. The molecule has 1 aliphatic heterocycles. The molecule has 18 heavy (non-hydrogen) atoms. The zero-order chi connectivity index (χ0) is 12.4. The Morgan fingerprint density at radius 1 is 1.56 bits per heavy atom. The van der Waals surface area contributed by atoms with Gasteiger partial charge in [0.2, 0.25) is 11.7 Å². The van der Waals surface area contributed by atoms with E-state index in [2.05, 4.69) is 20.4 Å². The molecule has 0 radical (unpaired) electrons. The van der Waals surface area contributed by atoms with Crippen LogP contribution in [-0.2, 0) is 13.5 Å². The monoisotopic (exact) mass is 247 g/mol. The molecule has 3 rings (SSSR count). The van der Waals surface area contributed by atoms with Gasteiger partial charge in [-0.3, -0.25) is 0 Å². The lowest BCUT2D eigenvalue weighted by Gasteiger charge is -2.20. The van der Waals surface area contributed by atoms with Crippen molar-refractivity contribution >= 4 is 0 Å². The fourth-order valence-corrected chi connectivity index (χ4v) is 2.36. The lowest BCUT2D eigenvalue weighted by molar-refractivity contribution is 0.316. The minimum Gasteiger partial charge on any atom is -0.339 e. The lowest BCUT2D eigenvalue weighted by atomic mass is 9.96. The molecule has 6 nitrogen and oxygen atoms in total. The van der Waals surface area contributed by atoms with Crippen LogP contribution in [0.3, 0.4) is 0 Å². The van der Waals surface area contributed by atoms with Gasteiger partial charge in [-0.05, 0) is 31.8 Å². The van der Waals surface area contributed by atoms with Gasteiger partial charge < -0.3 is 14.4 Å². The van der Waals surface area contributed by atoms with Crippen LogP contribution >= 0.6 is 0 Å². The number of imidazole rings is 1. The Morgan fingerprint density at radius 3 is 3.22 bits per heavy atom. The average Bonchev–Trinajstić information content (AvgIpc) is 2.99. The molecule has 1 aliphatic rings. The standard InChI is InChI=1S/C12H17N5O/c1-17-8-14-7-10(17)12-15-11(18-16-12)5-9-3-2-4-13-6-9/h7-9,13H,2-6H2,1H3. The van der Waals surface area contributed by atoms with Crippen LogP contribution in [0.1, 0.15) is 18.7 Å². The third kappa shape index (κ3) is 2.28. The average molecular weight is 247 g/mol. The predicted molar refractivity (Wildman–Crippen MR) is 65.8 cm³/mol. The van der Waals surface area contributed by atoms with Gasteiger partial charge in [0, 0.05) is 13.5 Å². The number of hydrogen-bond acceptors (Lipinski definition) is 5. The molecule has 1 saturated heterocycles. The Bertz CT molecular complexity index is 512. The zero-order valence-electron chi connectivity index (χ0n) is 10.5. The van der Waals surface area contributed by atoms with Crippen LogP contribution < -0.4 is 5.32 Å². The van der Waals surface area contributed by atoms with Gasteiger partial charge in [-0.25, -0.2) is 4.98 Å². The van der Waals surface area contributed by atoms with Crippen molar-refractivity contribution < 1.29 is 4.52 Å². The van der Waals surface area contributed by atoms with Crippen LogP contribution in [0, 0.1) is 5.92 Å². The Kier molecular flexibility index (Phi) is 3.10. The second kappa shape index (κ2) is 4.89. The fourth-order valence-electron chi connectivity index (χ4n) is 2.36. The maximum atomic E-state index is 5.32. The first-order valence-corrected chi connectivity index (χ1v) is 6.33. The summed E-state index contributed by atoms with van der Waals surface area (Å²) in [7, 11) is 1.92. The van der Waals surface area contributed by atoms with E-state index in [1.807, 2.05) is 11.6 Å². The molecule has 0 bridgehead atoms. The molecule has 6 heteroatoms. The normalized spacial score (nSPS) is 20.2. The smallest absolute Gasteiger partial charge is 0.227 e. The van der Waals surface area contributed by atoms with Gasteiger partial charge >= 0.3 is 0 Å². The minimum atomic E-state index is 0.610. The molecule has 0 spiro atoms. The molecule has 0 amide bonds. The van der Waals surface area contributed by atoms with E-state index in [0.29, 0.717) is 11.7 Å². The number of aryl methyl sites for hydroxylation is 1. The van der Waals surface area contributed by atoms with E-state index in [1.165, 1.54) is 12.8 Å². The molecule has 1 atom stereocenters. The molecule has 0 aliphatic carbocycles. The van der Waals surface area contributed by atoms with Crippen molar-refractivity contribution in [1.82, 2.24) is 25.0 Å². The van der Waals surface area contributed by atoms with Crippen molar-refractivity contribution in [3.63, 3.8) is 0 Å². The summed E-state index contributed by atoms with van der Waals surface area (Å²) in [6, 6.07) is 0. The van der Waals surface area contributed by atoms with E-state index in [4.69, 9.17) is 4.52 Å². The van der Waals surface area contributed by atoms with Crippen LogP contribution in [0.4, 0.5) is 0 Å². The Labute approximate surface area is 105 Å². The first kappa shape index (κ1) is 11.4. The Balaban J connectivity index is 1.71. The first-order valence-electron chi connectivity index (χ1n) is 6.33. The number of rotatable bonds is 3. The molecule has 0 saturated carbocycles. The Morgan fingerprint density at radius 2 is 2.50 bits per heavy atom. The van der Waals surface area contributed by atoms with Crippen molar-refractivity contribution in [3.05, 3.63) is 18.4 Å². The number of hydrogen-bond donors (Lipinski definition) is 1. The Hall–Kier alpha value is -1.69. The zero-order valence-corrected chi connectivity index (χ0v) is 10.5. The molecule has 2 aromatic rings. The molecule has 1 N–H and O–H groups in total. The summed E-state index contributed by atoms with van der Waals surface area (Å²) in [4.78, 5) is 8.50. The summed E-state index contributed by atoms with van der Waals surface area (Å²) in [6.07, 6.45) is 6.80. The van der Waals surface area contributed by atoms with E-state index in [0.717, 1.165) is 31.1 Å². The van der Waals surface area contributed by atoms with Gasteiger partial charge in [0.1, 0.15) is 5.69 Å². The highest BCUT2D eigenvalue weighted by Gasteiger charge is 2.18. The van der Waals surface area contributed by atoms with Crippen LogP contribution in [0.15, 0.2) is 17.0 Å². The van der Waals surface area contributed by atoms with Gasteiger partial charge in [0.15, 0.2) is 0 Å². The van der Waals surface area contributed by atoms with Crippen molar-refractivity contribution in [1.29, 1.82) is 0 Å². The highest BCUT2D eigenvalue weighted by Crippen LogP contribution is 2.18. The summed E-state index contributed by atoms with van der Waals surface area (Å²) in [5.74, 6) is 1.95. The molecule has 1 unspecified atom stereocenters. The van der Waals surface area contributed by atoms with Crippen LogP contribution in [-0.4, -0.2) is 32.8 Å². The highest BCUT2D eigenvalue weighted by molar-refractivity contribution is 5.46. The van der Waals surface area contributed by atoms with Gasteiger partial charge in [0.05, 0.1) is 12.5 Å². The maximum Gasteiger partial charge on any atom is 0.227 e. The number of nitrogens with one attached hydrogen (secondary N) is 1. The third-order valence-corrected chi connectivity index (χ3v) is 3.38. The third-order valence-electron chi connectivity index (χ3n) is 3.38. The second-order valence-electron chi connectivity index (χ2n) is 4.82. The largest absolute Gasteiger partial charge is 0.339 e. The van der Waals surface area contributed by atoms with E-state index in [-0.39, 0.29) is 0 Å². The summed E-state index contributed by atoms with van der Waals surface area (Å²) in [5, 5.41) is 7.41. The van der Waals surface area contributed by atoms with E-state index < -0.39 is 0 Å². The molecule has 3 heterocycles. The molecular formula is C12H17N5O. The molecule has 0 aromatic carbocycles. The summed E-state index contributed by atoms with van der Waals surface area (Å²) < 4.78 is 7.20. The van der Waals surface area contributed by atoms with E-state index in [9.17, 15) is 0 Å². The van der Waals surface area contributed by atoms with Crippen LogP contribution in [0.5, 0.6) is 0 Å². The SMILES string of the molecule is Cn1cncc1-c1noc(CC2CCCNC2)n1. The number of piperidine rings is 1. The summed E-state index contributed by atoms with van der Waals surface area (Å²) >= 11 is 0. The minimum absolute atomic E-state index is 0.610. The second-order valence-corrected chi connectivity index (χ2v) is 4.82. The molecular weight excluding hydrogens is 230 g/mol. The quantitative estimate of drug-likeness (QED) is 0.876. The van der Waals surface area contributed by atoms with Crippen molar-refractivity contribution in [2.75, 3.05) is 13.1 Å². The van der Waals surface area contributed by atoms with Crippen molar-refractivity contribution in [3.8, 4) is 11.5 Å². The fraction of sp³-hybridized carbons (Fsp3) is 0.583. The highest BCUT2D eigenvalue weighted by atomic mass is 16.5. The summed E-state index contributed by atoms with van der Waals surface area (Å²) in [6.45, 7) is 2.17. The lowest BCUT2D eigenvalue weighted by Crippen LogP contribution is -2.30. The molecule has 1 fully saturated rings. The maximum absolute atomic E-state index is 5.32. The summed E-state index contributed by atoms with van der Waals surface area (Å²) in [5.41, 5.74) is 0.881. The van der Waals surface area contributed by atoms with E-state index in [1.54, 1.807) is 12.5 Å². The van der Waals surface area contributed by atoms with Gasteiger partial charge in [-0.15, -0.1) is 0 Å². The van der Waals surface area contributed by atoms with Crippen LogP contribution in [0.2, 0.25) is 0 Å². The van der Waals surface area contributed by atoms with Gasteiger partial charge in [0.25, 0.3) is 0 Å². The van der Waals surface area contributed by atoms with E-state index >= 15 is 0 Å². The van der Waals surface area contributed by atoms with Crippen molar-refractivity contribution in [2.45, 2.75) is 19.3 Å². The molecule has 96 valence electrons. The topological polar surface area (TPSA) is 68.8 Å².